The smallest absolute Gasteiger partial charge is 0.256 e. The predicted molar refractivity (Wildman–Crippen MR) is 71.9 cm³/mol. The highest BCUT2D eigenvalue weighted by atomic mass is 16.1. The van der Waals surface area contributed by atoms with Crippen LogP contribution in [0.1, 0.15) is 5.56 Å². The van der Waals surface area contributed by atoms with E-state index >= 15 is 0 Å². The summed E-state index contributed by atoms with van der Waals surface area (Å²) in [6, 6.07) is 8.11. The van der Waals surface area contributed by atoms with Gasteiger partial charge in [-0.25, -0.2) is 4.98 Å². The van der Waals surface area contributed by atoms with Gasteiger partial charge in [-0.2, -0.15) is 0 Å². The molecule has 1 aliphatic heterocycles. The van der Waals surface area contributed by atoms with Crippen LogP contribution in [-0.2, 0) is 13.5 Å². The number of benzene rings is 1. The Bertz CT molecular complexity index is 660. The number of hydrogen-bond donors (Lipinski definition) is 0. The number of rotatable bonds is 0. The fourth-order valence-electron chi connectivity index (χ4n) is 2.45. The van der Waals surface area contributed by atoms with Gasteiger partial charge < -0.3 is 9.47 Å². The lowest BCUT2D eigenvalue weighted by atomic mass is 10.1. The molecular weight excluding hydrogens is 226 g/mol. The molecule has 0 atom stereocenters. The van der Waals surface area contributed by atoms with Crippen molar-refractivity contribution in [2.75, 3.05) is 18.5 Å². The second-order valence-corrected chi connectivity index (χ2v) is 4.68. The molecule has 3 rings (SSSR count). The Morgan fingerprint density at radius 3 is 2.83 bits per heavy atom. The summed E-state index contributed by atoms with van der Waals surface area (Å²) in [5, 5.41) is 0. The van der Waals surface area contributed by atoms with Crippen LogP contribution in [0.3, 0.4) is 0 Å². The molecule has 0 saturated heterocycles. The molecule has 0 fully saturated rings. The van der Waals surface area contributed by atoms with E-state index in [9.17, 15) is 4.79 Å². The first-order valence-corrected chi connectivity index (χ1v) is 6.03. The van der Waals surface area contributed by atoms with Crippen molar-refractivity contribution in [3.63, 3.8) is 0 Å². The molecule has 2 heterocycles. The van der Waals surface area contributed by atoms with Crippen LogP contribution < -0.4 is 10.5 Å². The van der Waals surface area contributed by atoms with Gasteiger partial charge in [0.25, 0.3) is 5.56 Å². The summed E-state index contributed by atoms with van der Waals surface area (Å²) in [5.74, 6) is 0. The van der Waals surface area contributed by atoms with Gasteiger partial charge in [0.1, 0.15) is 0 Å². The van der Waals surface area contributed by atoms with Crippen LogP contribution in [0, 0.1) is 0 Å². The third-order valence-corrected chi connectivity index (χ3v) is 3.49. The monoisotopic (exact) mass is 241 g/mol. The van der Waals surface area contributed by atoms with Crippen molar-refractivity contribution < 1.29 is 0 Å². The fourth-order valence-corrected chi connectivity index (χ4v) is 2.45. The van der Waals surface area contributed by atoms with Gasteiger partial charge in [0.05, 0.1) is 12.0 Å². The Morgan fingerprint density at radius 2 is 2.00 bits per heavy atom. The highest BCUT2D eigenvalue weighted by Crippen LogP contribution is 2.32. The molecule has 0 N–H and O–H groups in total. The van der Waals surface area contributed by atoms with E-state index in [1.165, 1.54) is 0 Å². The number of para-hydroxylation sites is 1. The summed E-state index contributed by atoms with van der Waals surface area (Å²) in [5.41, 5.74) is 3.89. The maximum absolute atomic E-state index is 12.2. The molecular formula is C14H15N3O. The maximum atomic E-state index is 12.2. The van der Waals surface area contributed by atoms with Gasteiger partial charge in [-0.05, 0) is 12.5 Å². The molecule has 0 bridgehead atoms. The van der Waals surface area contributed by atoms with Crippen LogP contribution >= 0.6 is 0 Å². The summed E-state index contributed by atoms with van der Waals surface area (Å²) in [6.45, 7) is 0.838. The molecule has 0 amide bonds. The molecule has 0 unspecified atom stereocenters. The summed E-state index contributed by atoms with van der Waals surface area (Å²) in [7, 11) is 3.80. The van der Waals surface area contributed by atoms with E-state index in [2.05, 4.69) is 23.0 Å². The van der Waals surface area contributed by atoms with Crippen LogP contribution in [0.2, 0.25) is 0 Å². The Kier molecular flexibility index (Phi) is 2.44. The van der Waals surface area contributed by atoms with Gasteiger partial charge in [-0.1, -0.05) is 18.2 Å². The number of aryl methyl sites for hydroxylation is 1. The van der Waals surface area contributed by atoms with E-state index in [4.69, 9.17) is 0 Å². The lowest BCUT2D eigenvalue weighted by Crippen LogP contribution is -2.25. The maximum Gasteiger partial charge on any atom is 0.256 e. The number of anilines is 1. The molecule has 4 heteroatoms. The first-order valence-electron chi connectivity index (χ1n) is 6.03. The van der Waals surface area contributed by atoms with Crippen molar-refractivity contribution in [2.45, 2.75) is 6.42 Å². The Balaban J connectivity index is 2.34. The minimum absolute atomic E-state index is 0.0603. The van der Waals surface area contributed by atoms with Gasteiger partial charge in [-0.15, -0.1) is 0 Å². The van der Waals surface area contributed by atoms with Crippen LogP contribution in [0.25, 0.3) is 11.3 Å². The van der Waals surface area contributed by atoms with Crippen LogP contribution in [-0.4, -0.2) is 23.1 Å². The van der Waals surface area contributed by atoms with Gasteiger partial charge >= 0.3 is 0 Å². The van der Waals surface area contributed by atoms with Crippen molar-refractivity contribution in [1.29, 1.82) is 0 Å². The van der Waals surface area contributed by atoms with Crippen molar-refractivity contribution in [2.24, 2.45) is 7.05 Å². The Labute approximate surface area is 106 Å². The van der Waals surface area contributed by atoms with E-state index in [1.807, 2.05) is 18.2 Å². The van der Waals surface area contributed by atoms with E-state index in [1.54, 1.807) is 17.9 Å². The number of likely N-dealkylation sites (N-methyl/N-ethyl adjacent to an activating group) is 1. The molecule has 1 aromatic carbocycles. The lowest BCUT2D eigenvalue weighted by molar-refractivity contribution is 0.788. The average molecular weight is 241 g/mol. The van der Waals surface area contributed by atoms with Crippen LogP contribution in [0.4, 0.5) is 5.69 Å². The molecule has 1 aliphatic rings. The first-order chi connectivity index (χ1) is 8.68. The van der Waals surface area contributed by atoms with Gasteiger partial charge in [0, 0.05) is 37.5 Å². The van der Waals surface area contributed by atoms with Crippen molar-refractivity contribution >= 4 is 5.69 Å². The molecule has 0 saturated carbocycles. The van der Waals surface area contributed by atoms with Crippen molar-refractivity contribution in [3.05, 3.63) is 46.5 Å². The largest absolute Gasteiger partial charge is 0.374 e. The minimum Gasteiger partial charge on any atom is -0.374 e. The average Bonchev–Trinajstić information content (AvgIpc) is 2.53. The number of fused-ring (bicyclic) bond motifs is 3. The normalized spacial score (nSPS) is 13.8. The molecule has 4 nitrogen and oxygen atoms in total. The molecule has 92 valence electrons. The summed E-state index contributed by atoms with van der Waals surface area (Å²) in [4.78, 5) is 18.8. The fraction of sp³-hybridized carbons (Fsp3) is 0.286. The zero-order valence-corrected chi connectivity index (χ0v) is 10.6. The zero-order valence-electron chi connectivity index (χ0n) is 10.6. The number of nitrogens with zero attached hydrogens (tertiary/aromatic N) is 3. The third-order valence-electron chi connectivity index (χ3n) is 3.49. The second kappa shape index (κ2) is 3.98. The highest BCUT2D eigenvalue weighted by molar-refractivity contribution is 5.79. The minimum atomic E-state index is 0.0603. The van der Waals surface area contributed by atoms with Gasteiger partial charge in [0.2, 0.25) is 0 Å². The Hall–Kier alpha value is -2.10. The summed E-state index contributed by atoms with van der Waals surface area (Å²) in [6.07, 6.45) is 2.34. The van der Waals surface area contributed by atoms with Crippen molar-refractivity contribution in [1.82, 2.24) is 9.55 Å². The van der Waals surface area contributed by atoms with Crippen LogP contribution in [0.5, 0.6) is 0 Å². The van der Waals surface area contributed by atoms with Gasteiger partial charge in [0.15, 0.2) is 0 Å². The third kappa shape index (κ3) is 1.53. The highest BCUT2D eigenvalue weighted by Gasteiger charge is 2.20. The quantitative estimate of drug-likeness (QED) is 0.700. The summed E-state index contributed by atoms with van der Waals surface area (Å²) >= 11 is 0. The predicted octanol–water partition coefficient (Wildman–Crippen LogP) is 1.44. The topological polar surface area (TPSA) is 38.1 Å². The summed E-state index contributed by atoms with van der Waals surface area (Å²) < 4.78 is 1.55. The van der Waals surface area contributed by atoms with E-state index in [0.29, 0.717) is 0 Å². The van der Waals surface area contributed by atoms with Crippen LogP contribution in [0.15, 0.2) is 35.4 Å². The first kappa shape index (κ1) is 11.0. The molecule has 0 aliphatic carbocycles. The SMILES string of the molecule is CN1CCc2c(ncn(C)c2=O)-c2ccccc21. The lowest BCUT2D eigenvalue weighted by Gasteiger charge is -2.18. The van der Waals surface area contributed by atoms with E-state index in [-0.39, 0.29) is 5.56 Å². The van der Waals surface area contributed by atoms with Crippen molar-refractivity contribution in [3.8, 4) is 11.3 Å². The molecule has 18 heavy (non-hydrogen) atoms. The molecule has 2 aromatic rings. The molecule has 0 radical (unpaired) electrons. The van der Waals surface area contributed by atoms with E-state index in [0.717, 1.165) is 35.5 Å². The van der Waals surface area contributed by atoms with Gasteiger partial charge in [-0.3, -0.25) is 4.79 Å². The second-order valence-electron chi connectivity index (χ2n) is 4.68. The van der Waals surface area contributed by atoms with E-state index < -0.39 is 0 Å². The standard InChI is InChI=1S/C14H15N3O/c1-16-8-7-11-13(15-9-17(2)14(11)18)10-5-3-4-6-12(10)16/h3-6,9H,7-8H2,1-2H3. The molecule has 1 aromatic heterocycles. The zero-order chi connectivity index (χ0) is 12.7. The number of aromatic nitrogens is 2. The Morgan fingerprint density at radius 1 is 1.22 bits per heavy atom. The number of hydrogen-bond acceptors (Lipinski definition) is 3. The molecule has 0 spiro atoms.